The van der Waals surface area contributed by atoms with Crippen molar-refractivity contribution in [1.82, 2.24) is 5.32 Å². The first kappa shape index (κ1) is 15.7. The number of phenols is 1. The van der Waals surface area contributed by atoms with Gasteiger partial charge in [-0.15, -0.1) is 0 Å². The van der Waals surface area contributed by atoms with Crippen LogP contribution in [0.15, 0.2) is 23.5 Å². The number of aliphatic hydroxyl groups excluding tert-OH is 2. The first-order valence-corrected chi connectivity index (χ1v) is 8.31. The Morgan fingerprint density at radius 3 is 2.75 bits per heavy atom. The number of piperidine rings is 1. The summed E-state index contributed by atoms with van der Waals surface area (Å²) in [5, 5.41) is 35.2. The van der Waals surface area contributed by atoms with Crippen molar-refractivity contribution in [1.29, 1.82) is 0 Å². The van der Waals surface area contributed by atoms with Crippen LogP contribution in [0, 0.1) is 0 Å². The van der Waals surface area contributed by atoms with Gasteiger partial charge in [0.2, 0.25) is 0 Å². The summed E-state index contributed by atoms with van der Waals surface area (Å²) in [6.45, 7) is 0.782. The molecule has 6 nitrogen and oxygen atoms in total. The van der Waals surface area contributed by atoms with E-state index < -0.39 is 17.6 Å². The van der Waals surface area contributed by atoms with Crippen molar-refractivity contribution in [3.05, 3.63) is 34.6 Å². The Hall–Kier alpha value is -1.76. The zero-order chi connectivity index (χ0) is 17.1. The predicted molar refractivity (Wildman–Crippen MR) is 95.6 cm³/mol. The molecule has 1 aromatic rings. The summed E-state index contributed by atoms with van der Waals surface area (Å²) in [6, 6.07) is 3.80. The van der Waals surface area contributed by atoms with Crippen LogP contribution in [0.4, 0.5) is 0 Å². The molecule has 138 valence electrons. The molecule has 0 unspecified atom stereocenters. The van der Waals surface area contributed by atoms with Crippen LogP contribution in [0.5, 0.6) is 11.5 Å². The fourth-order valence-electron chi connectivity index (χ4n) is 4.92. The number of hydrogen-bond donors (Lipinski definition) is 4. The van der Waals surface area contributed by atoms with Crippen molar-refractivity contribution < 1.29 is 30.5 Å². The highest BCUT2D eigenvalue weighted by Crippen LogP contribution is 2.57. The van der Waals surface area contributed by atoms with E-state index in [2.05, 4.69) is 5.32 Å². The molecule has 4 rings (SSSR count). The third-order valence-corrected chi connectivity index (χ3v) is 5.83. The number of hydrogen-bond acceptors (Lipinski definition) is 6. The first-order chi connectivity index (χ1) is 11.5. The van der Waals surface area contributed by atoms with E-state index in [1.165, 1.54) is 14.2 Å². The quantitative estimate of drug-likeness (QED) is 0.653. The summed E-state index contributed by atoms with van der Waals surface area (Å²) in [4.78, 5) is 0. The minimum atomic E-state index is -1.03. The lowest BCUT2D eigenvalue weighted by Crippen LogP contribution is -2.59. The molecule has 2 aliphatic carbocycles. The molecule has 1 saturated heterocycles. The van der Waals surface area contributed by atoms with Crippen molar-refractivity contribution in [2.45, 2.75) is 42.9 Å². The maximum absolute atomic E-state index is 10.8. The van der Waals surface area contributed by atoms with Crippen LogP contribution in [0.3, 0.4) is 0 Å². The zero-order valence-electron chi connectivity index (χ0n) is 13.9. The molecule has 6 heteroatoms. The highest BCUT2D eigenvalue weighted by atomic mass is 16.5. The fourth-order valence-corrected chi connectivity index (χ4v) is 4.92. The number of ether oxygens (including phenoxy) is 2. The first-order valence-electron chi connectivity index (χ1n) is 8.31. The van der Waals surface area contributed by atoms with Crippen LogP contribution in [0.2, 0.25) is 0 Å². The molecule has 0 radical (unpaired) electrons. The fraction of sp³-hybridized carbons (Fsp3) is 0.556. The SMILES string of the molecule is COC1=C2[C@@H]3Cc4ccc(OC)c(O)c4[C@]2(CCN3)C[C@H](O)[C@@H]1O.[HH].[HH].[HH].[HH]. The van der Waals surface area contributed by atoms with Gasteiger partial charge in [-0.3, -0.25) is 0 Å². The van der Waals surface area contributed by atoms with Gasteiger partial charge in [-0.05, 0) is 43.0 Å². The van der Waals surface area contributed by atoms with Gasteiger partial charge in [-0.25, -0.2) is 0 Å². The summed E-state index contributed by atoms with van der Waals surface area (Å²) < 4.78 is 10.8. The molecular formula is C18H31NO5. The Bertz CT molecular complexity index is 732. The largest absolute Gasteiger partial charge is 0.504 e. The van der Waals surface area contributed by atoms with Gasteiger partial charge in [-0.1, -0.05) is 6.07 Å². The van der Waals surface area contributed by atoms with Crippen molar-refractivity contribution in [3.63, 3.8) is 0 Å². The number of benzene rings is 1. The van der Waals surface area contributed by atoms with Crippen LogP contribution in [0.25, 0.3) is 0 Å². The van der Waals surface area contributed by atoms with Crippen molar-refractivity contribution in [2.24, 2.45) is 0 Å². The molecule has 4 N–H and O–H groups in total. The van der Waals surface area contributed by atoms with Crippen molar-refractivity contribution in [2.75, 3.05) is 20.8 Å². The van der Waals surface area contributed by atoms with Gasteiger partial charge in [0.1, 0.15) is 11.9 Å². The van der Waals surface area contributed by atoms with E-state index in [9.17, 15) is 15.3 Å². The van der Waals surface area contributed by atoms with E-state index in [1.807, 2.05) is 6.07 Å². The van der Waals surface area contributed by atoms with Crippen molar-refractivity contribution >= 4 is 0 Å². The number of aromatic hydroxyl groups is 1. The number of aliphatic hydroxyl groups is 2. The van der Waals surface area contributed by atoms with Gasteiger partial charge < -0.3 is 30.1 Å². The lowest BCUT2D eigenvalue weighted by molar-refractivity contribution is -0.0260. The molecule has 0 saturated carbocycles. The topological polar surface area (TPSA) is 91.2 Å². The number of methoxy groups -OCH3 is 2. The average Bonchev–Trinajstić information content (AvgIpc) is 2.55. The molecule has 1 fully saturated rings. The van der Waals surface area contributed by atoms with Gasteiger partial charge in [-0.2, -0.15) is 0 Å². The van der Waals surface area contributed by atoms with Crippen LogP contribution in [0.1, 0.15) is 29.7 Å². The second-order valence-electron chi connectivity index (χ2n) is 6.89. The summed E-state index contributed by atoms with van der Waals surface area (Å²) in [7, 11) is 3.05. The summed E-state index contributed by atoms with van der Waals surface area (Å²) in [5.41, 5.74) is 2.29. The molecule has 0 amide bonds. The molecule has 1 aromatic carbocycles. The Morgan fingerprint density at radius 1 is 1.25 bits per heavy atom. The zero-order valence-corrected chi connectivity index (χ0v) is 13.9. The van der Waals surface area contributed by atoms with Crippen LogP contribution in [-0.2, 0) is 16.6 Å². The maximum Gasteiger partial charge on any atom is 0.162 e. The highest BCUT2D eigenvalue weighted by molar-refractivity contribution is 5.62. The lowest BCUT2D eigenvalue weighted by atomic mass is 9.55. The average molecular weight is 341 g/mol. The van der Waals surface area contributed by atoms with Gasteiger partial charge in [0.05, 0.1) is 20.3 Å². The summed E-state index contributed by atoms with van der Waals surface area (Å²) in [6.07, 6.45) is -0.167. The van der Waals surface area contributed by atoms with E-state index in [0.29, 0.717) is 24.4 Å². The third-order valence-electron chi connectivity index (χ3n) is 5.83. The van der Waals surface area contributed by atoms with E-state index >= 15 is 0 Å². The Balaban J connectivity index is 0.00000182. The van der Waals surface area contributed by atoms with Gasteiger partial charge >= 0.3 is 0 Å². The molecule has 24 heavy (non-hydrogen) atoms. The molecule has 2 bridgehead atoms. The minimum absolute atomic E-state index is 0. The van der Waals surface area contributed by atoms with Gasteiger partial charge in [0.15, 0.2) is 11.5 Å². The normalized spacial score (nSPS) is 34.4. The Kier molecular flexibility index (Phi) is 3.53. The summed E-state index contributed by atoms with van der Waals surface area (Å²) in [5.74, 6) is 0.991. The van der Waals surface area contributed by atoms with E-state index in [1.54, 1.807) is 6.07 Å². The Labute approximate surface area is 146 Å². The number of phenolic OH excluding ortho intramolecular Hbond substituents is 1. The minimum Gasteiger partial charge on any atom is -0.504 e. The van der Waals surface area contributed by atoms with Crippen molar-refractivity contribution in [3.8, 4) is 11.5 Å². The third kappa shape index (κ3) is 1.87. The van der Waals surface area contributed by atoms with Gasteiger partial charge in [0.25, 0.3) is 0 Å². The number of rotatable bonds is 2. The van der Waals surface area contributed by atoms with E-state index in [-0.39, 0.29) is 17.5 Å². The van der Waals surface area contributed by atoms with E-state index in [4.69, 9.17) is 9.47 Å². The maximum atomic E-state index is 10.8. The second kappa shape index (κ2) is 5.37. The smallest absolute Gasteiger partial charge is 0.162 e. The molecular weight excluding hydrogens is 310 g/mol. The molecule has 0 aromatic heterocycles. The monoisotopic (exact) mass is 341 g/mol. The van der Waals surface area contributed by atoms with Crippen LogP contribution >= 0.6 is 0 Å². The second-order valence-corrected chi connectivity index (χ2v) is 6.89. The Morgan fingerprint density at radius 2 is 2.04 bits per heavy atom. The molecule has 3 aliphatic rings. The van der Waals surface area contributed by atoms with Crippen LogP contribution < -0.4 is 10.1 Å². The number of fused-ring (bicyclic) bond motifs is 1. The van der Waals surface area contributed by atoms with Gasteiger partial charge in [0, 0.05) is 22.7 Å². The molecule has 4 atom stereocenters. The molecule has 1 heterocycles. The standard InChI is InChI=1S/C18H23NO5.4H2/c1-23-12-4-3-9-7-10-14-17(24-2)15(21)11(20)8-18(14,5-6-19-10)13(9)16(12)22;;;;/h3-4,10-11,15,19-22H,5-8H2,1-2H3;4*1H/t10-,11-,15-,18-;;;;/m0..../s1. The molecule has 1 aliphatic heterocycles. The molecule has 0 spiro atoms. The summed E-state index contributed by atoms with van der Waals surface area (Å²) >= 11 is 0. The predicted octanol–water partition coefficient (Wildman–Crippen LogP) is 1.57. The highest BCUT2D eigenvalue weighted by Gasteiger charge is 2.55. The van der Waals surface area contributed by atoms with E-state index in [0.717, 1.165) is 29.7 Å². The number of nitrogens with one attached hydrogen (secondary N) is 1. The van der Waals surface area contributed by atoms with Crippen LogP contribution in [-0.4, -0.2) is 54.3 Å². The lowest BCUT2D eigenvalue weighted by Gasteiger charge is -2.53.